The van der Waals surface area contributed by atoms with Crippen LogP contribution in [-0.4, -0.2) is 14.1 Å². The van der Waals surface area contributed by atoms with Crippen LogP contribution in [0.25, 0.3) is 124 Å². The average molecular weight is 792 g/mol. The van der Waals surface area contributed by atoms with Crippen LogP contribution in [0.3, 0.4) is 0 Å². The number of nitriles is 1. The van der Waals surface area contributed by atoms with Gasteiger partial charge in [0, 0.05) is 64.4 Å². The first kappa shape index (κ1) is 33.7. The molecule has 280 valence electrons. The lowest BCUT2D eigenvalue weighted by Gasteiger charge is -2.25. The molecule has 0 unspecified atom stereocenters. The third-order valence-corrected chi connectivity index (χ3v) is 13.7. The lowest BCUT2D eigenvalue weighted by Crippen LogP contribution is -2.08. The molecule has 0 amide bonds. The van der Waals surface area contributed by atoms with Gasteiger partial charge in [0.1, 0.15) is 6.07 Å². The van der Waals surface area contributed by atoms with E-state index in [1.165, 1.54) is 20.2 Å². The molecular formula is C55H29N5S. The molecule has 0 aliphatic rings. The van der Waals surface area contributed by atoms with Gasteiger partial charge < -0.3 is 9.13 Å². The molecule has 13 rings (SSSR count). The topological polar surface area (TPSA) is 50.9 Å². The van der Waals surface area contributed by atoms with Gasteiger partial charge in [0.15, 0.2) is 0 Å². The lowest BCUT2D eigenvalue weighted by atomic mass is 9.88. The molecule has 0 aliphatic heterocycles. The molecule has 0 aliphatic carbocycles. The Morgan fingerprint density at radius 2 is 1.03 bits per heavy atom. The number of rotatable bonds is 4. The van der Waals surface area contributed by atoms with E-state index >= 15 is 0 Å². The molecular weight excluding hydrogens is 763 g/mol. The smallest absolute Gasteiger partial charge is 0.220 e. The molecule has 4 aromatic heterocycles. The van der Waals surface area contributed by atoms with Crippen molar-refractivity contribution >= 4 is 102 Å². The predicted molar refractivity (Wildman–Crippen MR) is 254 cm³/mol. The molecule has 13 aromatic rings. The minimum Gasteiger partial charge on any atom is -0.317 e. The van der Waals surface area contributed by atoms with Crippen molar-refractivity contribution in [3.63, 3.8) is 0 Å². The fourth-order valence-electron chi connectivity index (χ4n) is 10.3. The number of thiophene rings is 1. The van der Waals surface area contributed by atoms with Crippen molar-refractivity contribution < 1.29 is 0 Å². The van der Waals surface area contributed by atoms with Gasteiger partial charge in [-0.05, 0) is 57.6 Å². The summed E-state index contributed by atoms with van der Waals surface area (Å²) < 4.78 is 7.02. The molecule has 6 heteroatoms. The summed E-state index contributed by atoms with van der Waals surface area (Å²) in [5.74, 6) is 0. The summed E-state index contributed by atoms with van der Waals surface area (Å²) in [7, 11) is 0. The Morgan fingerprint density at radius 1 is 0.459 bits per heavy atom. The van der Waals surface area contributed by atoms with E-state index in [2.05, 4.69) is 135 Å². The first-order chi connectivity index (χ1) is 30.2. The monoisotopic (exact) mass is 791 g/mol. The normalized spacial score (nSPS) is 11.9. The van der Waals surface area contributed by atoms with Crippen LogP contribution >= 0.6 is 11.3 Å². The molecule has 4 heterocycles. The molecule has 0 spiro atoms. The minimum atomic E-state index is 0.406. The van der Waals surface area contributed by atoms with Gasteiger partial charge in [0.25, 0.3) is 0 Å². The molecule has 0 radical (unpaired) electrons. The van der Waals surface area contributed by atoms with Crippen molar-refractivity contribution in [3.8, 4) is 39.7 Å². The Labute approximate surface area is 353 Å². The van der Waals surface area contributed by atoms with Gasteiger partial charge in [0.05, 0.1) is 51.8 Å². The highest BCUT2D eigenvalue weighted by atomic mass is 32.1. The van der Waals surface area contributed by atoms with Crippen LogP contribution in [0.4, 0.5) is 5.69 Å². The first-order valence-electron chi connectivity index (χ1n) is 20.2. The zero-order valence-electron chi connectivity index (χ0n) is 32.4. The second-order valence-corrected chi connectivity index (χ2v) is 16.7. The number of hydrogen-bond acceptors (Lipinski definition) is 3. The molecule has 9 aromatic carbocycles. The zero-order chi connectivity index (χ0) is 40.3. The van der Waals surface area contributed by atoms with Gasteiger partial charge in [-0.15, -0.1) is 11.3 Å². The number of fused-ring (bicyclic) bond motifs is 10. The van der Waals surface area contributed by atoms with Crippen molar-refractivity contribution in [1.82, 2.24) is 14.1 Å². The highest BCUT2D eigenvalue weighted by molar-refractivity contribution is 7.26. The number of nitrogens with zero attached hydrogens (tertiary/aromatic N) is 5. The van der Waals surface area contributed by atoms with E-state index in [4.69, 9.17) is 11.6 Å². The Hall–Kier alpha value is -8.29. The van der Waals surface area contributed by atoms with Gasteiger partial charge in [-0.1, -0.05) is 133 Å². The summed E-state index contributed by atoms with van der Waals surface area (Å²) in [6.45, 7) is 9.16. The van der Waals surface area contributed by atoms with Gasteiger partial charge >= 0.3 is 0 Å². The molecule has 0 saturated heterocycles. The van der Waals surface area contributed by atoms with Crippen LogP contribution in [0.15, 0.2) is 176 Å². The fraction of sp³-hybridized carbons (Fsp3) is 0. The highest BCUT2D eigenvalue weighted by Crippen LogP contribution is 2.54. The van der Waals surface area contributed by atoms with Crippen molar-refractivity contribution in [2.24, 2.45) is 0 Å². The van der Waals surface area contributed by atoms with Gasteiger partial charge in [-0.25, -0.2) is 4.85 Å². The fourth-order valence-corrected chi connectivity index (χ4v) is 11.4. The molecule has 0 atom stereocenters. The minimum absolute atomic E-state index is 0.406. The maximum Gasteiger partial charge on any atom is 0.220 e. The summed E-state index contributed by atoms with van der Waals surface area (Å²) in [5.41, 5.74) is 9.24. The molecule has 0 saturated carbocycles. The summed E-state index contributed by atoms with van der Waals surface area (Å²) in [6.07, 6.45) is 3.92. The van der Waals surface area contributed by atoms with Gasteiger partial charge in [-0.3, -0.25) is 4.98 Å². The second-order valence-electron chi connectivity index (χ2n) is 15.6. The second kappa shape index (κ2) is 12.6. The highest BCUT2D eigenvalue weighted by Gasteiger charge is 2.32. The number of pyridine rings is 1. The van der Waals surface area contributed by atoms with E-state index in [1.54, 1.807) is 11.3 Å². The van der Waals surface area contributed by atoms with Crippen molar-refractivity contribution in [3.05, 3.63) is 193 Å². The van der Waals surface area contributed by atoms with E-state index < -0.39 is 0 Å². The molecule has 0 fully saturated rings. The average Bonchev–Trinajstić information content (AvgIpc) is 3.99. The Balaban J connectivity index is 1.32. The zero-order valence-corrected chi connectivity index (χ0v) is 33.2. The van der Waals surface area contributed by atoms with Crippen molar-refractivity contribution in [2.45, 2.75) is 0 Å². The summed E-state index contributed by atoms with van der Waals surface area (Å²) in [6, 6.07) is 59.7. The van der Waals surface area contributed by atoms with Gasteiger partial charge in [0.2, 0.25) is 5.69 Å². The van der Waals surface area contributed by atoms with E-state index in [9.17, 15) is 5.26 Å². The lowest BCUT2D eigenvalue weighted by molar-refractivity contribution is 1.13. The van der Waals surface area contributed by atoms with Crippen LogP contribution in [0, 0.1) is 17.9 Å². The van der Waals surface area contributed by atoms with Crippen molar-refractivity contribution in [2.75, 3.05) is 0 Å². The van der Waals surface area contributed by atoms with E-state index in [-0.39, 0.29) is 0 Å². The quantitative estimate of drug-likeness (QED) is 0.132. The Morgan fingerprint density at radius 3 is 1.79 bits per heavy atom. The number of benzene rings is 9. The molecule has 0 N–H and O–H groups in total. The summed E-state index contributed by atoms with van der Waals surface area (Å²) in [5, 5.41) is 23.1. The predicted octanol–water partition coefficient (Wildman–Crippen LogP) is 15.1. The van der Waals surface area contributed by atoms with Gasteiger partial charge in [-0.2, -0.15) is 5.26 Å². The van der Waals surface area contributed by atoms with Crippen LogP contribution < -0.4 is 0 Å². The van der Waals surface area contributed by atoms with E-state index in [0.29, 0.717) is 22.5 Å². The SMILES string of the molecule is [C-]#[N+]c1c(-c2ccccc2)c(C#N)c(-n2c3ccccc3c3c4c(ccc32)sc2ccccc24)c(-c2ccccc2)c1-n1c2cccc3c4ccccc4c4cncc1c4c32. The first-order valence-corrected chi connectivity index (χ1v) is 21.0. The largest absolute Gasteiger partial charge is 0.317 e. The summed E-state index contributed by atoms with van der Waals surface area (Å²) >= 11 is 1.80. The number of para-hydroxylation sites is 1. The summed E-state index contributed by atoms with van der Waals surface area (Å²) in [4.78, 5) is 9.39. The Bertz CT molecular complexity index is 3980. The standard InChI is InChI=1S/C55H29N5S/c1-57-53-47(32-15-4-2-5-16-32)39(29-56)54(59-41-24-12-10-21-37(41)50-43(59)27-28-46-52(50)38-22-11-13-26-45(38)61-46)48(33-17-6-3-7-18-33)55(53)60-42-25-14-23-36-34-19-8-9-20-35(34)40-30-58-31-44(60)51(40)49(36)42/h2-28,30-31H. The van der Waals surface area contributed by atoms with Crippen LogP contribution in [0.5, 0.6) is 0 Å². The molecule has 5 nitrogen and oxygen atoms in total. The third-order valence-electron chi connectivity index (χ3n) is 12.6. The number of hydrogen-bond donors (Lipinski definition) is 0. The van der Waals surface area contributed by atoms with Crippen LogP contribution in [-0.2, 0) is 0 Å². The van der Waals surface area contributed by atoms with E-state index in [0.717, 1.165) is 87.5 Å². The third kappa shape index (κ3) is 4.44. The maximum atomic E-state index is 11.7. The Kier molecular flexibility index (Phi) is 6.96. The molecule has 0 bridgehead atoms. The van der Waals surface area contributed by atoms with E-state index in [1.807, 2.05) is 60.9 Å². The maximum absolute atomic E-state index is 11.7. The number of aromatic nitrogens is 3. The van der Waals surface area contributed by atoms with Crippen LogP contribution in [0.1, 0.15) is 5.56 Å². The van der Waals surface area contributed by atoms with Crippen LogP contribution in [0.2, 0.25) is 0 Å². The van der Waals surface area contributed by atoms with Crippen molar-refractivity contribution in [1.29, 1.82) is 5.26 Å². The molecule has 61 heavy (non-hydrogen) atoms.